The number of para-hydroxylation sites is 2. The molecule has 0 aliphatic rings. The lowest BCUT2D eigenvalue weighted by atomic mass is 9.81. The summed E-state index contributed by atoms with van der Waals surface area (Å²) in [5.41, 5.74) is 5.96. The summed E-state index contributed by atoms with van der Waals surface area (Å²) in [7, 11) is 0.711. The molecule has 0 fully saturated rings. The molecule has 1 unspecified atom stereocenters. The molecule has 9 nitrogen and oxygen atoms in total. The Kier molecular flexibility index (Phi) is 14.0. The van der Waals surface area contributed by atoms with Crippen molar-refractivity contribution in [1.29, 1.82) is 0 Å². The Morgan fingerprint density at radius 1 is 0.418 bits per heavy atom. The third-order valence-corrected chi connectivity index (χ3v) is 13.5. The SMILES string of the molecule is COc1cc(-c2cc(OC)cc(C(C)(C)C)c2Op2oc3c(C(C)(C)C)cc(C)cc3c3cc(OC)cc(C(C)(C)C)c3o2)c(OP(Oc2ccccc2)Oc2ccccc2)c(C(C)(C)C)c1. The second kappa shape index (κ2) is 19.1. The van der Waals surface area contributed by atoms with Gasteiger partial charge in [0.2, 0.25) is 0 Å². The Balaban J connectivity index is 1.59. The molecule has 0 aliphatic carbocycles. The van der Waals surface area contributed by atoms with Gasteiger partial charge in [-0.05, 0) is 101 Å². The summed E-state index contributed by atoms with van der Waals surface area (Å²) in [6.45, 7) is 28.1. The largest absolute Gasteiger partial charge is 0.530 e. The standard InChI is InChI=1S/C56H66O9P2/c1-35-27-41-42-29-38(57-14)32-46(54(5,6)7)50(42)64-67(63-49(41)45(28-35)53(2,3)4)65-52-44(31-40(59-16)34-48(52)56(11,12)13)43-30-39(58-15)33-47(55(8,9)10)51(43)62-66(60-36-23-19-17-20-24-36)61-37-25-21-18-22-26-37/h17-34H,1-16H3. The van der Waals surface area contributed by atoms with E-state index in [1.165, 1.54) is 0 Å². The van der Waals surface area contributed by atoms with Crippen LogP contribution >= 0.6 is 16.8 Å². The van der Waals surface area contributed by atoms with Gasteiger partial charge >= 0.3 is 16.8 Å². The van der Waals surface area contributed by atoms with Gasteiger partial charge in [-0.2, -0.15) is 0 Å². The lowest BCUT2D eigenvalue weighted by Crippen LogP contribution is -2.16. The van der Waals surface area contributed by atoms with Gasteiger partial charge in [0.25, 0.3) is 0 Å². The predicted molar refractivity (Wildman–Crippen MR) is 275 cm³/mol. The van der Waals surface area contributed by atoms with E-state index in [1.807, 2.05) is 91.0 Å². The molecule has 0 saturated heterocycles. The minimum Gasteiger partial charge on any atom is -0.497 e. The third-order valence-electron chi connectivity index (χ3n) is 11.4. The van der Waals surface area contributed by atoms with E-state index in [4.69, 9.17) is 40.7 Å². The highest BCUT2D eigenvalue weighted by molar-refractivity contribution is 7.43. The number of hydrogen-bond donors (Lipinski definition) is 0. The van der Waals surface area contributed by atoms with Gasteiger partial charge in [0.15, 0.2) is 0 Å². The molecular formula is C56H66O9P2. The van der Waals surface area contributed by atoms with Gasteiger partial charge < -0.3 is 40.7 Å². The molecule has 7 aromatic rings. The van der Waals surface area contributed by atoms with Crippen LogP contribution in [0.4, 0.5) is 0 Å². The normalized spacial score (nSPS) is 12.6. The van der Waals surface area contributed by atoms with Crippen molar-refractivity contribution in [2.45, 2.75) is 112 Å². The summed E-state index contributed by atoms with van der Waals surface area (Å²) in [5, 5.41) is 1.78. The Hall–Kier alpha value is -5.75. The summed E-state index contributed by atoms with van der Waals surface area (Å²) in [5.74, 6) is 4.24. The lowest BCUT2D eigenvalue weighted by Gasteiger charge is -2.29. The number of hydrogen-bond acceptors (Lipinski definition) is 9. The molecule has 7 rings (SSSR count). The van der Waals surface area contributed by atoms with Crippen LogP contribution < -0.4 is 32.3 Å². The number of rotatable bonds is 12. The minimum absolute atomic E-state index is 0.298. The molecule has 1 heterocycles. The molecule has 0 aliphatic heterocycles. The summed E-state index contributed by atoms with van der Waals surface area (Å²) in [6.07, 6.45) is 0. The molecule has 6 aromatic carbocycles. The minimum atomic E-state index is -2.22. The number of benzene rings is 6. The van der Waals surface area contributed by atoms with Crippen molar-refractivity contribution in [3.8, 4) is 51.4 Å². The first-order valence-electron chi connectivity index (χ1n) is 22.6. The van der Waals surface area contributed by atoms with Crippen molar-refractivity contribution in [2.75, 3.05) is 21.3 Å². The second-order valence-corrected chi connectivity index (χ2v) is 23.0. The zero-order chi connectivity index (χ0) is 48.6. The second-order valence-electron chi connectivity index (χ2n) is 21.0. The van der Waals surface area contributed by atoms with Crippen LogP contribution in [0.15, 0.2) is 118 Å². The zero-order valence-electron chi connectivity index (χ0n) is 42.0. The molecule has 67 heavy (non-hydrogen) atoms. The third kappa shape index (κ3) is 11.0. The van der Waals surface area contributed by atoms with Gasteiger partial charge in [0, 0.05) is 44.2 Å². The van der Waals surface area contributed by atoms with E-state index < -0.39 is 27.7 Å². The highest BCUT2D eigenvalue weighted by Crippen LogP contribution is 2.55. The summed E-state index contributed by atoms with van der Waals surface area (Å²) < 4.78 is 60.3. The Labute approximate surface area is 399 Å². The number of methoxy groups -OCH3 is 3. The Bertz CT molecular complexity index is 2870. The van der Waals surface area contributed by atoms with Gasteiger partial charge in [0.05, 0.1) is 21.3 Å². The number of aryl methyl sites for hydroxylation is 1. The van der Waals surface area contributed by atoms with Crippen LogP contribution in [0.2, 0.25) is 0 Å². The average Bonchev–Trinajstić information content (AvgIpc) is 3.41. The molecule has 11 heteroatoms. The van der Waals surface area contributed by atoms with E-state index in [0.717, 1.165) is 44.3 Å². The number of fused-ring (bicyclic) bond motifs is 3. The van der Waals surface area contributed by atoms with Gasteiger partial charge in [-0.15, -0.1) is 0 Å². The molecular weight excluding hydrogens is 879 g/mol. The van der Waals surface area contributed by atoms with E-state index in [1.54, 1.807) is 21.3 Å². The van der Waals surface area contributed by atoms with Crippen molar-refractivity contribution in [3.63, 3.8) is 0 Å². The quantitative estimate of drug-likeness (QED) is 0.111. The molecule has 354 valence electrons. The number of ether oxygens (including phenoxy) is 3. The highest BCUT2D eigenvalue weighted by Gasteiger charge is 2.34. The van der Waals surface area contributed by atoms with Crippen LogP contribution in [0.1, 0.15) is 111 Å². The molecule has 0 saturated carbocycles. The Morgan fingerprint density at radius 3 is 1.25 bits per heavy atom. The molecule has 1 aromatic heterocycles. The smallest absolute Gasteiger partial charge is 0.497 e. The van der Waals surface area contributed by atoms with E-state index in [9.17, 15) is 0 Å². The van der Waals surface area contributed by atoms with Crippen molar-refractivity contribution >= 4 is 38.8 Å². The van der Waals surface area contributed by atoms with Crippen molar-refractivity contribution < 1.29 is 40.7 Å². The maximum Gasteiger partial charge on any atom is 0.530 e. The fourth-order valence-corrected chi connectivity index (χ4v) is 10.1. The zero-order valence-corrected chi connectivity index (χ0v) is 43.7. The highest BCUT2D eigenvalue weighted by atomic mass is 31.2. The van der Waals surface area contributed by atoms with Crippen molar-refractivity contribution in [3.05, 3.63) is 137 Å². The van der Waals surface area contributed by atoms with Crippen LogP contribution in [-0.2, 0) is 21.7 Å². The van der Waals surface area contributed by atoms with Gasteiger partial charge in [-0.25, -0.2) is 0 Å². The molecule has 1 atom stereocenters. The van der Waals surface area contributed by atoms with Crippen LogP contribution in [0.25, 0.3) is 33.1 Å². The van der Waals surface area contributed by atoms with Crippen LogP contribution in [0, 0.1) is 6.92 Å². The van der Waals surface area contributed by atoms with Crippen molar-refractivity contribution in [2.24, 2.45) is 0 Å². The van der Waals surface area contributed by atoms with E-state index in [-0.39, 0.29) is 10.8 Å². The summed E-state index contributed by atoms with van der Waals surface area (Å²) in [4.78, 5) is 0. The fourth-order valence-electron chi connectivity index (χ4n) is 7.90. The first-order valence-corrected chi connectivity index (χ1v) is 24.8. The maximum atomic E-state index is 7.44. The van der Waals surface area contributed by atoms with Crippen LogP contribution in [0.3, 0.4) is 0 Å². The predicted octanol–water partition coefficient (Wildman–Crippen LogP) is 17.1. The summed E-state index contributed by atoms with van der Waals surface area (Å²) in [6, 6.07) is 35.5. The topological polar surface area (TPSA) is 90.9 Å². The van der Waals surface area contributed by atoms with Gasteiger partial charge in [-0.3, -0.25) is 0 Å². The molecule has 0 bridgehead atoms. The Morgan fingerprint density at radius 2 is 0.806 bits per heavy atom. The average molecular weight is 945 g/mol. The lowest BCUT2D eigenvalue weighted by molar-refractivity contribution is 0.380. The maximum absolute atomic E-state index is 7.44. The molecule has 0 radical (unpaired) electrons. The first-order chi connectivity index (χ1) is 31.5. The van der Waals surface area contributed by atoms with Crippen molar-refractivity contribution in [1.82, 2.24) is 0 Å². The van der Waals surface area contributed by atoms with Crippen LogP contribution in [-0.4, -0.2) is 21.3 Å². The van der Waals surface area contributed by atoms with Gasteiger partial charge in [0.1, 0.15) is 51.4 Å². The van der Waals surface area contributed by atoms with Gasteiger partial charge in [-0.1, -0.05) is 126 Å². The molecule has 0 amide bonds. The van der Waals surface area contributed by atoms with E-state index in [0.29, 0.717) is 56.8 Å². The molecule has 0 spiro atoms. The summed E-state index contributed by atoms with van der Waals surface area (Å²) >= 11 is 0. The molecule has 0 N–H and O–H groups in total. The fraction of sp³-hybridized carbons (Fsp3) is 0.357. The van der Waals surface area contributed by atoms with Crippen LogP contribution in [0.5, 0.6) is 40.2 Å². The van der Waals surface area contributed by atoms with E-state index >= 15 is 0 Å². The monoisotopic (exact) mass is 944 g/mol. The first kappa shape index (κ1) is 49.2. The van der Waals surface area contributed by atoms with E-state index in [2.05, 4.69) is 108 Å².